The molecule has 0 aliphatic carbocycles. The zero-order valence-corrected chi connectivity index (χ0v) is 13.6. The number of carbonyl (C=O) groups is 3. The number of aliphatic hydroxyl groups is 1. The van der Waals surface area contributed by atoms with Crippen LogP contribution in [0.5, 0.6) is 5.75 Å². The Bertz CT molecular complexity index is 597. The molecule has 126 valence electrons. The summed E-state index contributed by atoms with van der Waals surface area (Å²) in [5.41, 5.74) is 3.95. The molecular weight excluding hydrogens is 349 g/mol. The average molecular weight is 364 g/mol. The van der Waals surface area contributed by atoms with Gasteiger partial charge in [-0.1, -0.05) is 23.2 Å². The summed E-state index contributed by atoms with van der Waals surface area (Å²) in [6, 6.07) is 4.49. The number of amides is 3. The topological polar surface area (TPSA) is 117 Å². The summed E-state index contributed by atoms with van der Waals surface area (Å²) < 4.78 is 5.33. The van der Waals surface area contributed by atoms with Crippen molar-refractivity contribution in [3.05, 3.63) is 28.2 Å². The highest BCUT2D eigenvalue weighted by Gasteiger charge is 2.19. The van der Waals surface area contributed by atoms with E-state index in [4.69, 9.17) is 33.0 Å². The molecule has 1 aromatic carbocycles. The molecule has 3 amide bonds. The minimum absolute atomic E-state index is 0.0746. The largest absolute Gasteiger partial charge is 0.479 e. The highest BCUT2D eigenvalue weighted by atomic mass is 35.5. The third-order valence-corrected chi connectivity index (χ3v) is 3.00. The monoisotopic (exact) mass is 363 g/mol. The molecule has 0 saturated heterocycles. The highest BCUT2D eigenvalue weighted by Crippen LogP contribution is 2.28. The van der Waals surface area contributed by atoms with Gasteiger partial charge in [0.15, 0.2) is 6.10 Å². The van der Waals surface area contributed by atoms with E-state index in [0.29, 0.717) is 5.02 Å². The normalized spacial score (nSPS) is 11.3. The number of carbonyl (C=O) groups excluding carboxylic acids is 3. The first-order chi connectivity index (χ1) is 10.8. The smallest absolute Gasteiger partial charge is 0.327 e. The molecular formula is C13H15Cl2N3O5. The van der Waals surface area contributed by atoms with Crippen LogP contribution in [0.1, 0.15) is 6.92 Å². The molecule has 10 heteroatoms. The maximum atomic E-state index is 11.8. The Kier molecular flexibility index (Phi) is 7.60. The van der Waals surface area contributed by atoms with Crippen LogP contribution < -0.4 is 20.9 Å². The maximum Gasteiger partial charge on any atom is 0.327 e. The molecule has 0 unspecified atom stereocenters. The lowest BCUT2D eigenvalue weighted by Crippen LogP contribution is -2.51. The molecule has 0 saturated carbocycles. The number of hydrogen-bond donors (Lipinski definition) is 4. The van der Waals surface area contributed by atoms with E-state index >= 15 is 0 Å². The van der Waals surface area contributed by atoms with Crippen molar-refractivity contribution in [3.63, 3.8) is 0 Å². The van der Waals surface area contributed by atoms with Gasteiger partial charge >= 0.3 is 11.8 Å². The predicted octanol–water partition coefficient (Wildman–Crippen LogP) is 0.0166. The van der Waals surface area contributed by atoms with Crippen molar-refractivity contribution in [2.45, 2.75) is 13.0 Å². The van der Waals surface area contributed by atoms with Crippen molar-refractivity contribution in [2.24, 2.45) is 0 Å². The zero-order valence-electron chi connectivity index (χ0n) is 12.1. The second-order valence-corrected chi connectivity index (χ2v) is 5.10. The number of halogens is 2. The zero-order chi connectivity index (χ0) is 17.4. The van der Waals surface area contributed by atoms with Gasteiger partial charge in [-0.05, 0) is 25.1 Å². The van der Waals surface area contributed by atoms with Crippen LogP contribution in [-0.2, 0) is 14.4 Å². The molecule has 8 nitrogen and oxygen atoms in total. The van der Waals surface area contributed by atoms with Crippen LogP contribution in [0.4, 0.5) is 0 Å². The van der Waals surface area contributed by atoms with Gasteiger partial charge in [0, 0.05) is 11.6 Å². The number of benzene rings is 1. The molecule has 0 fully saturated rings. The molecule has 4 N–H and O–H groups in total. The van der Waals surface area contributed by atoms with Gasteiger partial charge in [0.1, 0.15) is 5.75 Å². The molecule has 1 atom stereocenters. The lowest BCUT2D eigenvalue weighted by atomic mass is 10.3. The van der Waals surface area contributed by atoms with E-state index in [1.807, 2.05) is 10.9 Å². The summed E-state index contributed by atoms with van der Waals surface area (Å²) in [6.45, 7) is 1.05. The van der Waals surface area contributed by atoms with E-state index in [2.05, 4.69) is 5.32 Å². The van der Waals surface area contributed by atoms with E-state index in [1.54, 1.807) is 6.07 Å². The minimum Gasteiger partial charge on any atom is -0.479 e. The number of hydrogen-bond acceptors (Lipinski definition) is 5. The lowest BCUT2D eigenvalue weighted by Gasteiger charge is -2.16. The Morgan fingerprint density at radius 3 is 2.52 bits per heavy atom. The standard InChI is InChI=1S/C13H15Cl2N3O5/c1-7(23-10-3-2-8(14)6-9(10)15)11(20)17-18-13(22)12(21)16-4-5-19/h2-3,6-7,19H,4-5H2,1H3,(H,16,21)(H,17,20)(H,18,22)/t7-/m1/s1. The summed E-state index contributed by atoms with van der Waals surface area (Å²) >= 11 is 11.7. The van der Waals surface area contributed by atoms with Gasteiger partial charge in [-0.3, -0.25) is 25.2 Å². The van der Waals surface area contributed by atoms with Crippen molar-refractivity contribution >= 4 is 40.9 Å². The summed E-state index contributed by atoms with van der Waals surface area (Å²) in [6.07, 6.45) is -0.991. The Morgan fingerprint density at radius 1 is 1.22 bits per heavy atom. The Hall–Kier alpha value is -2.03. The second kappa shape index (κ2) is 9.19. The van der Waals surface area contributed by atoms with E-state index in [0.717, 1.165) is 0 Å². The summed E-state index contributed by atoms with van der Waals surface area (Å²) in [4.78, 5) is 34.3. The minimum atomic E-state index is -1.08. The van der Waals surface area contributed by atoms with E-state index < -0.39 is 23.8 Å². The van der Waals surface area contributed by atoms with Crippen LogP contribution in [0.25, 0.3) is 0 Å². The van der Waals surface area contributed by atoms with Crippen LogP contribution in [-0.4, -0.2) is 42.1 Å². The molecule has 1 aromatic rings. The van der Waals surface area contributed by atoms with Crippen LogP contribution in [0.15, 0.2) is 18.2 Å². The molecule has 23 heavy (non-hydrogen) atoms. The number of aliphatic hydroxyl groups excluding tert-OH is 1. The Balaban J connectivity index is 2.48. The quantitative estimate of drug-likeness (QED) is 0.434. The lowest BCUT2D eigenvalue weighted by molar-refractivity contribution is -0.141. The molecule has 0 heterocycles. The van der Waals surface area contributed by atoms with E-state index in [9.17, 15) is 14.4 Å². The first-order valence-corrected chi connectivity index (χ1v) is 7.21. The van der Waals surface area contributed by atoms with Crippen molar-refractivity contribution in [1.82, 2.24) is 16.2 Å². The van der Waals surface area contributed by atoms with Crippen molar-refractivity contribution < 1.29 is 24.2 Å². The molecule has 0 aliphatic heterocycles. The summed E-state index contributed by atoms with van der Waals surface area (Å²) in [5, 5.41) is 11.3. The van der Waals surface area contributed by atoms with Gasteiger partial charge in [0.2, 0.25) is 0 Å². The third kappa shape index (κ3) is 6.31. The molecule has 0 radical (unpaired) electrons. The van der Waals surface area contributed by atoms with Crippen LogP contribution >= 0.6 is 23.2 Å². The predicted molar refractivity (Wildman–Crippen MR) is 82.9 cm³/mol. The van der Waals surface area contributed by atoms with Crippen molar-refractivity contribution in [2.75, 3.05) is 13.2 Å². The fraction of sp³-hybridized carbons (Fsp3) is 0.308. The molecule has 0 spiro atoms. The van der Waals surface area contributed by atoms with Gasteiger partial charge in [-0.15, -0.1) is 0 Å². The number of rotatable bonds is 5. The van der Waals surface area contributed by atoms with Gasteiger partial charge in [0.25, 0.3) is 5.91 Å². The highest BCUT2D eigenvalue weighted by molar-refractivity contribution is 6.35. The average Bonchev–Trinajstić information content (AvgIpc) is 2.52. The van der Waals surface area contributed by atoms with Crippen LogP contribution in [0.2, 0.25) is 10.0 Å². The molecule has 0 bridgehead atoms. The van der Waals surface area contributed by atoms with Crippen LogP contribution in [0.3, 0.4) is 0 Å². The van der Waals surface area contributed by atoms with Gasteiger partial charge < -0.3 is 15.2 Å². The summed E-state index contributed by atoms with van der Waals surface area (Å²) in [7, 11) is 0. The van der Waals surface area contributed by atoms with Crippen molar-refractivity contribution in [3.8, 4) is 5.75 Å². The number of ether oxygens (including phenoxy) is 1. The second-order valence-electron chi connectivity index (χ2n) is 4.26. The molecule has 0 aromatic heterocycles. The van der Waals surface area contributed by atoms with Crippen LogP contribution in [0, 0.1) is 0 Å². The Morgan fingerprint density at radius 2 is 1.91 bits per heavy atom. The summed E-state index contributed by atoms with van der Waals surface area (Å²) in [5.74, 6) is -2.53. The molecule has 1 rings (SSSR count). The van der Waals surface area contributed by atoms with Gasteiger partial charge in [-0.25, -0.2) is 0 Å². The molecule has 0 aliphatic rings. The van der Waals surface area contributed by atoms with E-state index in [-0.39, 0.29) is 23.9 Å². The van der Waals surface area contributed by atoms with Gasteiger partial charge in [0.05, 0.1) is 11.6 Å². The first-order valence-electron chi connectivity index (χ1n) is 6.45. The number of hydrazine groups is 1. The van der Waals surface area contributed by atoms with Gasteiger partial charge in [-0.2, -0.15) is 0 Å². The van der Waals surface area contributed by atoms with Crippen molar-refractivity contribution in [1.29, 1.82) is 0 Å². The number of nitrogens with one attached hydrogen (secondary N) is 3. The van der Waals surface area contributed by atoms with E-state index in [1.165, 1.54) is 19.1 Å². The fourth-order valence-electron chi connectivity index (χ4n) is 1.34. The SMILES string of the molecule is C[C@@H](Oc1ccc(Cl)cc1Cl)C(=O)NNC(=O)C(=O)NCCO. The third-order valence-electron chi connectivity index (χ3n) is 2.47. The first kappa shape index (κ1) is 19.0. The maximum absolute atomic E-state index is 11.8. The Labute approximate surface area is 142 Å². The fourth-order valence-corrected chi connectivity index (χ4v) is 1.79.